The lowest BCUT2D eigenvalue weighted by Gasteiger charge is -2.35. The Labute approximate surface area is 104 Å². The molecule has 1 fully saturated rings. The number of morpholine rings is 1. The molecule has 0 aliphatic carbocycles. The Balaban J connectivity index is 2.28. The van der Waals surface area contributed by atoms with Crippen LogP contribution in [0.15, 0.2) is 12.3 Å². The minimum absolute atomic E-state index is 0.0541. The molecule has 1 saturated heterocycles. The number of hydrogen-bond donors (Lipinski definition) is 1. The minimum Gasteiger partial charge on any atom is -0.481 e. The lowest BCUT2D eigenvalue weighted by Crippen LogP contribution is -2.47. The van der Waals surface area contributed by atoms with Gasteiger partial charge >= 0.3 is 5.97 Å². The zero-order valence-electron chi connectivity index (χ0n) is 9.61. The third-order valence-corrected chi connectivity index (χ3v) is 2.73. The van der Waals surface area contributed by atoms with Crippen LogP contribution in [0.1, 0.15) is 12.0 Å². The summed E-state index contributed by atoms with van der Waals surface area (Å²) in [4.78, 5) is 12.6. The second-order valence-corrected chi connectivity index (χ2v) is 3.90. The molecule has 1 unspecified atom stereocenters. The number of carboxylic acid groups (broad SMARTS) is 1. The number of nitriles is 1. The summed E-state index contributed by atoms with van der Waals surface area (Å²) < 4.78 is 5.27. The van der Waals surface area contributed by atoms with Crippen LogP contribution >= 0.6 is 0 Å². The van der Waals surface area contributed by atoms with Crippen molar-refractivity contribution in [1.82, 2.24) is 10.2 Å². The van der Waals surface area contributed by atoms with E-state index in [0.717, 1.165) is 0 Å². The van der Waals surface area contributed by atoms with Crippen molar-refractivity contribution in [2.45, 2.75) is 12.5 Å². The second kappa shape index (κ2) is 5.42. The molecule has 2 rings (SSSR count). The third-order valence-electron chi connectivity index (χ3n) is 2.73. The van der Waals surface area contributed by atoms with Gasteiger partial charge in [-0.15, -0.1) is 5.10 Å². The van der Waals surface area contributed by atoms with Gasteiger partial charge in [-0.05, 0) is 6.07 Å². The topological polar surface area (TPSA) is 99.3 Å². The number of carbonyl (C=O) groups is 1. The number of carboxylic acids is 1. The number of aromatic nitrogens is 2. The molecule has 1 atom stereocenters. The highest BCUT2D eigenvalue weighted by atomic mass is 16.5. The van der Waals surface area contributed by atoms with Gasteiger partial charge in [0.05, 0.1) is 37.4 Å². The Morgan fingerprint density at radius 1 is 1.72 bits per heavy atom. The quantitative estimate of drug-likeness (QED) is 0.805. The first kappa shape index (κ1) is 12.3. The van der Waals surface area contributed by atoms with Crippen molar-refractivity contribution in [1.29, 1.82) is 5.26 Å². The van der Waals surface area contributed by atoms with Gasteiger partial charge in [-0.2, -0.15) is 10.4 Å². The summed E-state index contributed by atoms with van der Waals surface area (Å²) in [6, 6.07) is 3.28. The first-order valence-electron chi connectivity index (χ1n) is 5.50. The minimum atomic E-state index is -0.905. The van der Waals surface area contributed by atoms with E-state index in [4.69, 9.17) is 15.1 Å². The molecule has 0 radical (unpaired) electrons. The van der Waals surface area contributed by atoms with Gasteiger partial charge in [0.25, 0.3) is 0 Å². The summed E-state index contributed by atoms with van der Waals surface area (Å²) in [5, 5.41) is 25.6. The van der Waals surface area contributed by atoms with Gasteiger partial charge in [0, 0.05) is 6.54 Å². The Morgan fingerprint density at radius 3 is 3.28 bits per heavy atom. The zero-order chi connectivity index (χ0) is 13.0. The molecule has 1 aliphatic heterocycles. The number of hydrogen-bond acceptors (Lipinski definition) is 6. The second-order valence-electron chi connectivity index (χ2n) is 3.90. The highest BCUT2D eigenvalue weighted by molar-refractivity contribution is 5.69. The summed E-state index contributed by atoms with van der Waals surface area (Å²) >= 11 is 0. The van der Waals surface area contributed by atoms with E-state index in [1.807, 2.05) is 6.07 Å². The molecular formula is C11H12N4O3. The van der Waals surface area contributed by atoms with Gasteiger partial charge in [-0.3, -0.25) is 4.79 Å². The SMILES string of the molecule is N#Cc1ccnnc1N1CCOCC1CC(=O)O. The lowest BCUT2D eigenvalue weighted by atomic mass is 10.1. The lowest BCUT2D eigenvalue weighted by molar-refractivity contribution is -0.138. The maximum atomic E-state index is 10.8. The van der Waals surface area contributed by atoms with Crippen LogP contribution < -0.4 is 4.90 Å². The van der Waals surface area contributed by atoms with Crippen LogP contribution in [0, 0.1) is 11.3 Å². The molecule has 94 valence electrons. The standard InChI is InChI=1S/C11H12N4O3/c12-6-8-1-2-13-14-11(8)15-3-4-18-7-9(15)5-10(16)17/h1-2,9H,3-5,7H2,(H,16,17). The summed E-state index contributed by atoms with van der Waals surface area (Å²) in [5.41, 5.74) is 0.391. The number of aliphatic carboxylic acids is 1. The third kappa shape index (κ3) is 2.55. The van der Waals surface area contributed by atoms with E-state index < -0.39 is 5.97 Å². The van der Waals surface area contributed by atoms with E-state index in [-0.39, 0.29) is 12.5 Å². The largest absolute Gasteiger partial charge is 0.481 e. The van der Waals surface area contributed by atoms with Crippen molar-refractivity contribution >= 4 is 11.8 Å². The van der Waals surface area contributed by atoms with Crippen molar-refractivity contribution < 1.29 is 14.6 Å². The predicted molar refractivity (Wildman–Crippen MR) is 61.0 cm³/mol. The number of nitrogens with zero attached hydrogens (tertiary/aromatic N) is 4. The monoisotopic (exact) mass is 248 g/mol. The van der Waals surface area contributed by atoms with Crippen LogP contribution in [-0.2, 0) is 9.53 Å². The maximum absolute atomic E-state index is 10.8. The van der Waals surface area contributed by atoms with E-state index in [1.165, 1.54) is 6.20 Å². The van der Waals surface area contributed by atoms with Crippen molar-refractivity contribution in [3.8, 4) is 6.07 Å². The van der Waals surface area contributed by atoms with Crippen LogP contribution in [-0.4, -0.2) is 47.1 Å². The highest BCUT2D eigenvalue weighted by Gasteiger charge is 2.28. The molecule has 1 aliphatic rings. The molecule has 1 aromatic rings. The molecule has 0 bridgehead atoms. The van der Waals surface area contributed by atoms with E-state index in [2.05, 4.69) is 10.2 Å². The molecule has 2 heterocycles. The van der Waals surface area contributed by atoms with Crippen LogP contribution in [0.4, 0.5) is 5.82 Å². The Morgan fingerprint density at radius 2 is 2.56 bits per heavy atom. The van der Waals surface area contributed by atoms with Crippen molar-refractivity contribution in [2.24, 2.45) is 0 Å². The Bertz CT molecular complexity index is 485. The molecule has 0 aromatic carbocycles. The van der Waals surface area contributed by atoms with Crippen molar-refractivity contribution in [3.05, 3.63) is 17.8 Å². The molecule has 0 amide bonds. The number of rotatable bonds is 3. The normalized spacial score (nSPS) is 19.3. The van der Waals surface area contributed by atoms with Crippen molar-refractivity contribution in [2.75, 3.05) is 24.7 Å². The first-order chi connectivity index (χ1) is 8.72. The van der Waals surface area contributed by atoms with Gasteiger partial charge in [0.1, 0.15) is 6.07 Å². The van der Waals surface area contributed by atoms with E-state index in [1.54, 1.807) is 11.0 Å². The predicted octanol–water partition coefficient (Wildman–Crippen LogP) is 0.0282. The van der Waals surface area contributed by atoms with Gasteiger partial charge in [0.2, 0.25) is 0 Å². The molecule has 1 aromatic heterocycles. The number of ether oxygens (including phenoxy) is 1. The fraction of sp³-hybridized carbons (Fsp3) is 0.455. The van der Waals surface area contributed by atoms with Crippen LogP contribution in [0.25, 0.3) is 0 Å². The Kier molecular flexibility index (Phi) is 3.69. The average Bonchev–Trinajstić information content (AvgIpc) is 2.39. The molecule has 18 heavy (non-hydrogen) atoms. The highest BCUT2D eigenvalue weighted by Crippen LogP contribution is 2.21. The summed E-state index contributed by atoms with van der Waals surface area (Å²) in [6.45, 7) is 1.30. The molecule has 7 heteroatoms. The average molecular weight is 248 g/mol. The maximum Gasteiger partial charge on any atom is 0.305 e. The smallest absolute Gasteiger partial charge is 0.305 e. The van der Waals surface area contributed by atoms with Gasteiger partial charge in [-0.1, -0.05) is 0 Å². The van der Waals surface area contributed by atoms with E-state index in [9.17, 15) is 4.79 Å². The van der Waals surface area contributed by atoms with Crippen LogP contribution in [0.2, 0.25) is 0 Å². The van der Waals surface area contributed by atoms with Crippen LogP contribution in [0.3, 0.4) is 0 Å². The van der Waals surface area contributed by atoms with E-state index in [0.29, 0.717) is 31.1 Å². The zero-order valence-corrected chi connectivity index (χ0v) is 9.61. The van der Waals surface area contributed by atoms with Crippen molar-refractivity contribution in [3.63, 3.8) is 0 Å². The number of anilines is 1. The molecule has 7 nitrogen and oxygen atoms in total. The van der Waals surface area contributed by atoms with E-state index >= 15 is 0 Å². The van der Waals surface area contributed by atoms with Gasteiger partial charge < -0.3 is 14.7 Å². The van der Waals surface area contributed by atoms with Gasteiger partial charge in [-0.25, -0.2) is 0 Å². The fourth-order valence-corrected chi connectivity index (χ4v) is 1.93. The molecular weight excluding hydrogens is 236 g/mol. The van der Waals surface area contributed by atoms with Gasteiger partial charge in [0.15, 0.2) is 5.82 Å². The fourth-order valence-electron chi connectivity index (χ4n) is 1.93. The summed E-state index contributed by atoms with van der Waals surface area (Å²) in [6.07, 6.45) is 1.39. The molecule has 1 N–H and O–H groups in total. The first-order valence-corrected chi connectivity index (χ1v) is 5.50. The summed E-state index contributed by atoms with van der Waals surface area (Å²) in [5.74, 6) is -0.479. The van der Waals surface area contributed by atoms with Crippen LogP contribution in [0.5, 0.6) is 0 Å². The molecule has 0 spiro atoms. The molecule has 0 saturated carbocycles. The Hall–Kier alpha value is -2.20. The summed E-state index contributed by atoms with van der Waals surface area (Å²) in [7, 11) is 0.